The number of rotatable bonds is 8. The van der Waals surface area contributed by atoms with Crippen molar-refractivity contribution < 1.29 is 9.47 Å². The van der Waals surface area contributed by atoms with E-state index in [0.717, 1.165) is 49.4 Å². The molecule has 132 valence electrons. The van der Waals surface area contributed by atoms with E-state index >= 15 is 0 Å². The standard InChI is InChI=1S/C22H27NO2/c1-2-3-15-24-21-13-11-18(12-14-21)17-7-9-20(10-8-17)22(25-16-23)19-5-4-6-19/h7-14H,2-6,15-16,23H2,1H3. The van der Waals surface area contributed by atoms with Crippen molar-refractivity contribution in [1.29, 1.82) is 0 Å². The predicted molar refractivity (Wildman–Crippen MR) is 103 cm³/mol. The van der Waals surface area contributed by atoms with Gasteiger partial charge in [-0.15, -0.1) is 0 Å². The first kappa shape index (κ1) is 17.6. The molecule has 0 spiro atoms. The Labute approximate surface area is 150 Å². The van der Waals surface area contributed by atoms with Crippen molar-refractivity contribution in [3.8, 4) is 16.9 Å². The van der Waals surface area contributed by atoms with Gasteiger partial charge in [-0.05, 0) is 54.5 Å². The van der Waals surface area contributed by atoms with Gasteiger partial charge < -0.3 is 9.47 Å². The van der Waals surface area contributed by atoms with Gasteiger partial charge in [0.1, 0.15) is 18.2 Å². The van der Waals surface area contributed by atoms with Crippen LogP contribution in [-0.4, -0.2) is 13.3 Å². The smallest absolute Gasteiger partial charge is 0.137 e. The van der Waals surface area contributed by atoms with Crippen LogP contribution in [-0.2, 0) is 4.74 Å². The van der Waals surface area contributed by atoms with Crippen LogP contribution in [0.15, 0.2) is 54.1 Å². The average Bonchev–Trinajstić information content (AvgIpc) is 2.61. The van der Waals surface area contributed by atoms with Gasteiger partial charge in [-0.1, -0.05) is 49.7 Å². The second-order valence-corrected chi connectivity index (χ2v) is 6.40. The van der Waals surface area contributed by atoms with Gasteiger partial charge in [0.25, 0.3) is 0 Å². The Morgan fingerprint density at radius 1 is 0.960 bits per heavy atom. The molecule has 0 atom stereocenters. The van der Waals surface area contributed by atoms with Crippen LogP contribution in [0.4, 0.5) is 0 Å². The molecule has 25 heavy (non-hydrogen) atoms. The monoisotopic (exact) mass is 337 g/mol. The zero-order valence-electron chi connectivity index (χ0n) is 15.0. The molecule has 0 aliphatic heterocycles. The zero-order chi connectivity index (χ0) is 17.5. The number of benzene rings is 2. The van der Waals surface area contributed by atoms with E-state index in [9.17, 15) is 0 Å². The van der Waals surface area contributed by atoms with Crippen LogP contribution in [0.1, 0.15) is 44.6 Å². The second kappa shape index (κ2) is 8.72. The molecule has 0 radical (unpaired) electrons. The summed E-state index contributed by atoms with van der Waals surface area (Å²) in [6.07, 6.45) is 5.73. The first-order chi connectivity index (χ1) is 12.3. The summed E-state index contributed by atoms with van der Waals surface area (Å²) >= 11 is 0. The van der Waals surface area contributed by atoms with Crippen molar-refractivity contribution in [1.82, 2.24) is 0 Å². The van der Waals surface area contributed by atoms with Gasteiger partial charge in [-0.3, -0.25) is 5.73 Å². The summed E-state index contributed by atoms with van der Waals surface area (Å²) in [5, 5.41) is 0. The number of nitrogens with two attached hydrogens (primary N) is 1. The molecule has 3 heteroatoms. The highest BCUT2D eigenvalue weighted by Gasteiger charge is 2.17. The molecule has 1 fully saturated rings. The Hall–Kier alpha value is -2.26. The lowest BCUT2D eigenvalue weighted by atomic mass is 9.89. The van der Waals surface area contributed by atoms with Crippen molar-refractivity contribution in [3.63, 3.8) is 0 Å². The summed E-state index contributed by atoms with van der Waals surface area (Å²) in [7, 11) is 0. The quantitative estimate of drug-likeness (QED) is 0.400. The van der Waals surface area contributed by atoms with Crippen LogP contribution in [0.2, 0.25) is 0 Å². The molecular weight excluding hydrogens is 310 g/mol. The molecule has 0 bridgehead atoms. The highest BCUT2D eigenvalue weighted by molar-refractivity contribution is 5.70. The topological polar surface area (TPSA) is 44.5 Å². The Kier molecular flexibility index (Phi) is 6.13. The average molecular weight is 337 g/mol. The third kappa shape index (κ3) is 4.43. The van der Waals surface area contributed by atoms with E-state index < -0.39 is 0 Å². The molecule has 1 aliphatic carbocycles. The van der Waals surface area contributed by atoms with Crippen LogP contribution >= 0.6 is 0 Å². The molecule has 1 saturated carbocycles. The van der Waals surface area contributed by atoms with Crippen LogP contribution in [0.5, 0.6) is 5.75 Å². The number of allylic oxidation sites excluding steroid dienone is 1. The molecule has 0 saturated heterocycles. The fraction of sp³-hybridized carbons (Fsp3) is 0.364. The highest BCUT2D eigenvalue weighted by Crippen LogP contribution is 2.34. The maximum atomic E-state index is 5.73. The number of unbranched alkanes of at least 4 members (excludes halogenated alkanes) is 1. The Balaban J connectivity index is 1.71. The Morgan fingerprint density at radius 3 is 2.12 bits per heavy atom. The highest BCUT2D eigenvalue weighted by atomic mass is 16.5. The summed E-state index contributed by atoms with van der Waals surface area (Å²) in [5.41, 5.74) is 10.5. The Bertz CT molecular complexity index is 696. The van der Waals surface area contributed by atoms with E-state index in [1.165, 1.54) is 23.1 Å². The predicted octanol–water partition coefficient (Wildman–Crippen LogP) is 5.36. The molecular formula is C22H27NO2. The van der Waals surface area contributed by atoms with Gasteiger partial charge in [0.05, 0.1) is 6.61 Å². The maximum absolute atomic E-state index is 5.73. The van der Waals surface area contributed by atoms with Crippen molar-refractivity contribution in [3.05, 3.63) is 59.7 Å². The molecule has 3 nitrogen and oxygen atoms in total. The minimum Gasteiger partial charge on any atom is -0.494 e. The fourth-order valence-corrected chi connectivity index (χ4v) is 2.95. The van der Waals surface area contributed by atoms with E-state index in [1.807, 2.05) is 12.1 Å². The lowest BCUT2D eigenvalue weighted by Gasteiger charge is -2.22. The van der Waals surface area contributed by atoms with Crippen molar-refractivity contribution >= 4 is 5.76 Å². The van der Waals surface area contributed by atoms with Crippen molar-refractivity contribution in [2.24, 2.45) is 5.73 Å². The van der Waals surface area contributed by atoms with Gasteiger partial charge in [0, 0.05) is 5.56 Å². The minimum atomic E-state index is 0.222. The third-order valence-corrected chi connectivity index (χ3v) is 4.61. The summed E-state index contributed by atoms with van der Waals surface area (Å²) in [6, 6.07) is 16.8. The molecule has 2 aromatic rings. The van der Waals surface area contributed by atoms with E-state index in [0.29, 0.717) is 0 Å². The second-order valence-electron chi connectivity index (χ2n) is 6.40. The van der Waals surface area contributed by atoms with Crippen LogP contribution < -0.4 is 10.5 Å². The SMILES string of the molecule is CCCCOc1ccc(-c2ccc(C(OCN)=C3CCC3)cc2)cc1. The molecule has 0 aromatic heterocycles. The molecule has 0 heterocycles. The maximum Gasteiger partial charge on any atom is 0.137 e. The number of ether oxygens (including phenoxy) is 2. The van der Waals surface area contributed by atoms with Crippen LogP contribution in [0, 0.1) is 0 Å². The van der Waals surface area contributed by atoms with Gasteiger partial charge in [-0.25, -0.2) is 0 Å². The van der Waals surface area contributed by atoms with Gasteiger partial charge in [0.2, 0.25) is 0 Å². The molecule has 2 N–H and O–H groups in total. The molecule has 0 unspecified atom stereocenters. The minimum absolute atomic E-state index is 0.222. The summed E-state index contributed by atoms with van der Waals surface area (Å²) < 4.78 is 11.4. The van der Waals surface area contributed by atoms with Crippen molar-refractivity contribution in [2.45, 2.75) is 39.0 Å². The lowest BCUT2D eigenvalue weighted by molar-refractivity contribution is 0.281. The molecule has 2 aromatic carbocycles. The van der Waals surface area contributed by atoms with Crippen LogP contribution in [0.25, 0.3) is 16.9 Å². The van der Waals surface area contributed by atoms with Gasteiger partial charge in [-0.2, -0.15) is 0 Å². The van der Waals surface area contributed by atoms with E-state index in [4.69, 9.17) is 15.2 Å². The largest absolute Gasteiger partial charge is 0.494 e. The summed E-state index contributed by atoms with van der Waals surface area (Å²) in [6.45, 7) is 3.17. The molecule has 1 aliphatic rings. The summed E-state index contributed by atoms with van der Waals surface area (Å²) in [5.74, 6) is 1.90. The molecule has 0 amide bonds. The first-order valence-corrected chi connectivity index (χ1v) is 9.20. The van der Waals surface area contributed by atoms with Crippen LogP contribution in [0.3, 0.4) is 0 Å². The lowest BCUT2D eigenvalue weighted by Crippen LogP contribution is -2.09. The van der Waals surface area contributed by atoms with Crippen molar-refractivity contribution in [2.75, 3.05) is 13.3 Å². The van der Waals surface area contributed by atoms with E-state index in [1.54, 1.807) is 0 Å². The van der Waals surface area contributed by atoms with Gasteiger partial charge in [0.15, 0.2) is 0 Å². The van der Waals surface area contributed by atoms with Gasteiger partial charge >= 0.3 is 0 Å². The zero-order valence-corrected chi connectivity index (χ0v) is 15.0. The fourth-order valence-electron chi connectivity index (χ4n) is 2.95. The molecule has 3 rings (SSSR count). The number of hydrogen-bond donors (Lipinski definition) is 1. The Morgan fingerprint density at radius 2 is 1.60 bits per heavy atom. The summed E-state index contributed by atoms with van der Waals surface area (Å²) in [4.78, 5) is 0. The third-order valence-electron chi connectivity index (χ3n) is 4.61. The normalized spacial score (nSPS) is 13.3. The first-order valence-electron chi connectivity index (χ1n) is 9.20. The van der Waals surface area contributed by atoms with E-state index in [2.05, 4.69) is 43.3 Å². The number of hydrogen-bond acceptors (Lipinski definition) is 3. The van der Waals surface area contributed by atoms with E-state index in [-0.39, 0.29) is 6.73 Å².